The van der Waals surface area contributed by atoms with E-state index in [0.29, 0.717) is 6.54 Å². The van der Waals surface area contributed by atoms with Crippen LogP contribution in [-0.2, 0) is 6.42 Å². The van der Waals surface area contributed by atoms with Crippen molar-refractivity contribution in [1.82, 2.24) is 5.32 Å². The summed E-state index contributed by atoms with van der Waals surface area (Å²) in [4.78, 5) is 0. The Bertz CT molecular complexity index is 285. The van der Waals surface area contributed by atoms with E-state index in [9.17, 15) is 0 Å². The number of phenolic OH excluding ortho intramolecular Hbond substituents is 1. The highest BCUT2D eigenvalue weighted by atomic mass is 35.5. The van der Waals surface area contributed by atoms with Gasteiger partial charge in [0.1, 0.15) is 5.75 Å². The highest BCUT2D eigenvalue weighted by Gasteiger charge is 2.03. The molecule has 0 aliphatic rings. The number of nitrogens with two attached hydrogens (primary N) is 2. The van der Waals surface area contributed by atoms with Crippen LogP contribution in [0.25, 0.3) is 0 Å². The van der Waals surface area contributed by atoms with Crippen LogP contribution in [0.4, 0.5) is 0 Å². The smallest absolute Gasteiger partial charge is 0.115 e. The lowest BCUT2D eigenvalue weighted by Crippen LogP contribution is -2.37. The molecule has 0 aromatic heterocycles. The van der Waals surface area contributed by atoms with Gasteiger partial charge in [0.25, 0.3) is 0 Å². The minimum absolute atomic E-state index is 0. The maximum Gasteiger partial charge on any atom is 0.115 e. The molecule has 1 atom stereocenters. The first kappa shape index (κ1) is 22.9. The van der Waals surface area contributed by atoms with Crippen molar-refractivity contribution in [3.8, 4) is 5.75 Å². The number of phenols is 1. The van der Waals surface area contributed by atoms with Crippen LogP contribution in [0.3, 0.4) is 0 Å². The fourth-order valence-corrected chi connectivity index (χ4v) is 1.40. The molecule has 1 aromatic carbocycles. The van der Waals surface area contributed by atoms with E-state index in [1.807, 2.05) is 12.1 Å². The van der Waals surface area contributed by atoms with E-state index in [2.05, 4.69) is 5.32 Å². The average molecular weight is 319 g/mol. The molecule has 0 aliphatic carbocycles. The molecule has 0 radical (unpaired) electrons. The summed E-state index contributed by atoms with van der Waals surface area (Å²) >= 11 is 0. The lowest BCUT2D eigenvalue weighted by molar-refractivity contribution is 0.475. The lowest BCUT2D eigenvalue weighted by Gasteiger charge is -2.12. The van der Waals surface area contributed by atoms with Crippen LogP contribution < -0.4 is 16.8 Å². The maximum atomic E-state index is 9.11. The Kier molecular flexibility index (Phi) is 16.8. The summed E-state index contributed by atoms with van der Waals surface area (Å²) < 4.78 is 0. The normalized spacial score (nSPS) is 10.6. The molecule has 0 saturated carbocycles. The zero-order valence-corrected chi connectivity index (χ0v) is 12.5. The van der Waals surface area contributed by atoms with Crippen molar-refractivity contribution in [2.75, 3.05) is 19.6 Å². The summed E-state index contributed by atoms with van der Waals surface area (Å²) in [5.41, 5.74) is 12.4. The Morgan fingerprint density at radius 2 is 1.67 bits per heavy atom. The first-order chi connectivity index (χ1) is 7.22. The van der Waals surface area contributed by atoms with Crippen LogP contribution in [-0.4, -0.2) is 30.8 Å². The molecule has 18 heavy (non-hydrogen) atoms. The van der Waals surface area contributed by atoms with Crippen molar-refractivity contribution in [3.05, 3.63) is 29.8 Å². The van der Waals surface area contributed by atoms with Crippen LogP contribution in [0, 0.1) is 0 Å². The van der Waals surface area contributed by atoms with Gasteiger partial charge >= 0.3 is 0 Å². The van der Waals surface area contributed by atoms with Gasteiger partial charge in [-0.1, -0.05) is 12.1 Å². The van der Waals surface area contributed by atoms with E-state index >= 15 is 0 Å². The molecule has 0 amide bonds. The van der Waals surface area contributed by atoms with Gasteiger partial charge in [0.2, 0.25) is 0 Å². The molecular weight excluding hydrogens is 297 g/mol. The minimum Gasteiger partial charge on any atom is -0.508 e. The fraction of sp³-hybridized carbons (Fsp3) is 0.455. The third kappa shape index (κ3) is 9.76. The quantitative estimate of drug-likeness (QED) is 0.591. The van der Waals surface area contributed by atoms with Crippen LogP contribution in [0.15, 0.2) is 24.3 Å². The van der Waals surface area contributed by atoms with Gasteiger partial charge in [-0.3, -0.25) is 0 Å². The van der Waals surface area contributed by atoms with Gasteiger partial charge in [-0.25, -0.2) is 0 Å². The second-order valence-electron chi connectivity index (χ2n) is 3.62. The molecule has 0 heterocycles. The van der Waals surface area contributed by atoms with E-state index in [1.165, 1.54) is 0 Å². The van der Waals surface area contributed by atoms with E-state index in [-0.39, 0.29) is 49.0 Å². The molecule has 1 aromatic rings. The molecule has 0 aliphatic heterocycles. The fourth-order valence-electron chi connectivity index (χ4n) is 1.40. The standard InChI is InChI=1S/C11H19N3O.3ClH/c12-5-6-14-8-10(13)7-9-1-3-11(15)4-2-9;;;/h1-4,10,14-15H,5-8,12-13H2;3*1H. The Balaban J connectivity index is -0.000000750. The van der Waals surface area contributed by atoms with Crippen molar-refractivity contribution < 1.29 is 5.11 Å². The molecule has 1 rings (SSSR count). The van der Waals surface area contributed by atoms with Crippen LogP contribution in [0.5, 0.6) is 5.75 Å². The zero-order valence-electron chi connectivity index (χ0n) is 10.0. The molecule has 0 saturated heterocycles. The molecule has 6 N–H and O–H groups in total. The van der Waals surface area contributed by atoms with Gasteiger partial charge in [0, 0.05) is 25.7 Å². The molecule has 4 nitrogen and oxygen atoms in total. The highest BCUT2D eigenvalue weighted by Crippen LogP contribution is 2.10. The van der Waals surface area contributed by atoms with E-state index in [0.717, 1.165) is 25.1 Å². The molecule has 0 spiro atoms. The van der Waals surface area contributed by atoms with Gasteiger partial charge in [-0.05, 0) is 24.1 Å². The molecule has 7 heteroatoms. The number of halogens is 3. The van der Waals surface area contributed by atoms with Gasteiger partial charge in [-0.15, -0.1) is 37.2 Å². The van der Waals surface area contributed by atoms with Crippen LogP contribution >= 0.6 is 37.2 Å². The predicted octanol–water partition coefficient (Wildman–Crippen LogP) is 1.08. The summed E-state index contributed by atoms with van der Waals surface area (Å²) in [7, 11) is 0. The zero-order chi connectivity index (χ0) is 11.1. The van der Waals surface area contributed by atoms with Crippen molar-refractivity contribution >= 4 is 37.2 Å². The third-order valence-electron chi connectivity index (χ3n) is 2.16. The number of hydrogen-bond donors (Lipinski definition) is 4. The monoisotopic (exact) mass is 317 g/mol. The first-order valence-corrected chi connectivity index (χ1v) is 5.16. The molecule has 1 unspecified atom stereocenters. The average Bonchev–Trinajstić information content (AvgIpc) is 2.22. The van der Waals surface area contributed by atoms with Crippen molar-refractivity contribution in [3.63, 3.8) is 0 Å². The van der Waals surface area contributed by atoms with E-state index in [1.54, 1.807) is 12.1 Å². The number of hydrogen-bond acceptors (Lipinski definition) is 4. The van der Waals surface area contributed by atoms with Crippen LogP contribution in [0.2, 0.25) is 0 Å². The third-order valence-corrected chi connectivity index (χ3v) is 2.16. The van der Waals surface area contributed by atoms with E-state index < -0.39 is 0 Å². The summed E-state index contributed by atoms with van der Waals surface area (Å²) in [6.45, 7) is 2.19. The summed E-state index contributed by atoms with van der Waals surface area (Å²) in [5.74, 6) is 0.286. The van der Waals surface area contributed by atoms with Gasteiger partial charge in [-0.2, -0.15) is 0 Å². The Labute approximate surface area is 127 Å². The SMILES string of the molecule is Cl.Cl.Cl.NCCNCC(N)Cc1ccc(O)cc1. The largest absolute Gasteiger partial charge is 0.508 e. The van der Waals surface area contributed by atoms with Crippen molar-refractivity contribution in [1.29, 1.82) is 0 Å². The maximum absolute atomic E-state index is 9.11. The van der Waals surface area contributed by atoms with Gasteiger partial charge in [0.05, 0.1) is 0 Å². The van der Waals surface area contributed by atoms with Gasteiger partial charge in [0.15, 0.2) is 0 Å². The Morgan fingerprint density at radius 3 is 2.17 bits per heavy atom. The summed E-state index contributed by atoms with van der Waals surface area (Å²) in [6, 6.07) is 7.21. The molecular formula is C11H22Cl3N3O. The number of benzene rings is 1. The molecule has 0 bridgehead atoms. The Hall–Kier alpha value is -0.230. The molecule has 108 valence electrons. The minimum atomic E-state index is 0. The highest BCUT2D eigenvalue weighted by molar-refractivity contribution is 5.86. The number of aromatic hydroxyl groups is 1. The summed E-state index contributed by atoms with van der Waals surface area (Å²) in [6.07, 6.45) is 0.803. The molecule has 0 fully saturated rings. The van der Waals surface area contributed by atoms with Crippen molar-refractivity contribution in [2.45, 2.75) is 12.5 Å². The predicted molar refractivity (Wildman–Crippen MR) is 83.5 cm³/mol. The van der Waals surface area contributed by atoms with Crippen molar-refractivity contribution in [2.24, 2.45) is 11.5 Å². The summed E-state index contributed by atoms with van der Waals surface area (Å²) in [5, 5.41) is 12.3. The first-order valence-electron chi connectivity index (χ1n) is 5.16. The lowest BCUT2D eigenvalue weighted by atomic mass is 10.1. The Morgan fingerprint density at radius 1 is 1.11 bits per heavy atom. The second kappa shape index (κ2) is 13.2. The number of nitrogens with one attached hydrogen (secondary N) is 1. The van der Waals surface area contributed by atoms with Crippen LogP contribution in [0.1, 0.15) is 5.56 Å². The topological polar surface area (TPSA) is 84.3 Å². The van der Waals surface area contributed by atoms with Gasteiger partial charge < -0.3 is 21.9 Å². The number of rotatable bonds is 6. The van der Waals surface area contributed by atoms with E-state index in [4.69, 9.17) is 16.6 Å². The second-order valence-corrected chi connectivity index (χ2v) is 3.62.